The monoisotopic (exact) mass is 546 g/mol. The van der Waals surface area contributed by atoms with E-state index in [2.05, 4.69) is 13.2 Å². The van der Waals surface area contributed by atoms with Crippen LogP contribution < -0.4 is 0 Å². The smallest absolute Gasteiger partial charge is 0.339 e. The molecule has 0 aliphatic heterocycles. The molecule has 1 rings (SSSR count). The van der Waals surface area contributed by atoms with Crippen LogP contribution in [-0.2, 0) is 28.5 Å². The van der Waals surface area contributed by atoms with E-state index in [1.54, 1.807) is 0 Å². The van der Waals surface area contributed by atoms with Gasteiger partial charge in [0, 0.05) is 25.0 Å². The number of aliphatic hydroxyl groups is 2. The van der Waals surface area contributed by atoms with E-state index in [-0.39, 0.29) is 37.2 Å². The highest BCUT2D eigenvalue weighted by Crippen LogP contribution is 2.16. The Labute approximate surface area is 218 Å². The summed E-state index contributed by atoms with van der Waals surface area (Å²) in [6, 6.07) is 5.65. The number of aliphatic hydroxyl groups excluding tert-OH is 2. The Kier molecular flexibility index (Phi) is 14.4. The van der Waals surface area contributed by atoms with Crippen LogP contribution in [0.2, 0.25) is 0 Å². The van der Waals surface area contributed by atoms with Crippen molar-refractivity contribution >= 4 is 47.1 Å². The van der Waals surface area contributed by atoms with Crippen LogP contribution in [0.25, 0.3) is 0 Å². The van der Waals surface area contributed by atoms with Crippen molar-refractivity contribution in [2.75, 3.05) is 26.4 Å². The molecule has 198 valence electrons. The van der Waals surface area contributed by atoms with Gasteiger partial charge < -0.3 is 29.2 Å². The molecule has 0 saturated carbocycles. The summed E-state index contributed by atoms with van der Waals surface area (Å²) in [4.78, 5) is 47.0. The van der Waals surface area contributed by atoms with Crippen molar-refractivity contribution in [3.63, 3.8) is 0 Å². The standard InChI is InChI=1S/C24H28Cl2O10/c1-3-21(29)33-11-9-17(25)19(27)13-35-23(31)15-7-5-6-8-16(15)24(32)36-14-20(28)18(26)10-12-34-22(30)4-2/h3-8,17-20,27-28H,1-2,9-14H2. The number of halogens is 2. The molecule has 0 aliphatic rings. The summed E-state index contributed by atoms with van der Waals surface area (Å²) in [7, 11) is 0. The SMILES string of the molecule is C=CC(=O)OCCC(Cl)C(O)COC(=O)c1ccccc1C(=O)OCC(O)C(Cl)CCOC(=O)C=C. The van der Waals surface area contributed by atoms with E-state index in [1.165, 1.54) is 24.3 Å². The van der Waals surface area contributed by atoms with Crippen LogP contribution in [-0.4, -0.2) is 83.5 Å². The maximum absolute atomic E-state index is 12.5. The zero-order valence-corrected chi connectivity index (χ0v) is 20.9. The predicted molar refractivity (Wildman–Crippen MR) is 130 cm³/mol. The quantitative estimate of drug-likeness (QED) is 0.137. The molecular formula is C24H28Cl2O10. The minimum atomic E-state index is -1.27. The van der Waals surface area contributed by atoms with Crippen LogP contribution in [0.4, 0.5) is 0 Å². The van der Waals surface area contributed by atoms with Crippen molar-refractivity contribution in [1.82, 2.24) is 0 Å². The van der Waals surface area contributed by atoms with Crippen LogP contribution in [0.3, 0.4) is 0 Å². The number of rotatable bonds is 16. The number of carbonyl (C=O) groups is 4. The van der Waals surface area contributed by atoms with E-state index >= 15 is 0 Å². The molecule has 4 atom stereocenters. The average molecular weight is 547 g/mol. The molecule has 0 spiro atoms. The number of ether oxygens (including phenoxy) is 4. The zero-order valence-electron chi connectivity index (χ0n) is 19.3. The van der Waals surface area contributed by atoms with Crippen molar-refractivity contribution in [3.05, 3.63) is 60.7 Å². The molecule has 0 fully saturated rings. The highest BCUT2D eigenvalue weighted by atomic mass is 35.5. The zero-order chi connectivity index (χ0) is 27.1. The molecule has 10 nitrogen and oxygen atoms in total. The first-order valence-corrected chi connectivity index (χ1v) is 11.6. The number of hydrogen-bond acceptors (Lipinski definition) is 10. The van der Waals surface area contributed by atoms with E-state index in [1.807, 2.05) is 0 Å². The number of esters is 4. The summed E-state index contributed by atoms with van der Waals surface area (Å²) in [5, 5.41) is 18.4. The lowest BCUT2D eigenvalue weighted by Gasteiger charge is -2.18. The molecule has 0 aliphatic carbocycles. The van der Waals surface area contributed by atoms with Gasteiger partial charge in [-0.2, -0.15) is 0 Å². The third-order valence-corrected chi connectivity index (χ3v) is 5.60. The number of alkyl halides is 2. The highest BCUT2D eigenvalue weighted by Gasteiger charge is 2.24. The molecule has 36 heavy (non-hydrogen) atoms. The first kappa shape index (κ1) is 31.1. The van der Waals surface area contributed by atoms with Gasteiger partial charge in [-0.25, -0.2) is 19.2 Å². The van der Waals surface area contributed by atoms with E-state index in [0.717, 1.165) is 12.2 Å². The summed E-state index contributed by atoms with van der Waals surface area (Å²) in [6.45, 7) is 5.43. The average Bonchev–Trinajstić information content (AvgIpc) is 2.89. The van der Waals surface area contributed by atoms with Crippen LogP contribution in [0.5, 0.6) is 0 Å². The molecule has 0 radical (unpaired) electrons. The number of benzene rings is 1. The Balaban J connectivity index is 2.59. The van der Waals surface area contributed by atoms with Gasteiger partial charge in [0.25, 0.3) is 0 Å². The molecule has 4 unspecified atom stereocenters. The van der Waals surface area contributed by atoms with Gasteiger partial charge in [-0.3, -0.25) is 0 Å². The molecule has 0 aromatic heterocycles. The van der Waals surface area contributed by atoms with Crippen LogP contribution >= 0.6 is 23.2 Å². The Morgan fingerprint density at radius 2 is 1.11 bits per heavy atom. The van der Waals surface area contributed by atoms with Crippen molar-refractivity contribution in [2.45, 2.75) is 35.8 Å². The van der Waals surface area contributed by atoms with Crippen molar-refractivity contribution < 1.29 is 48.3 Å². The van der Waals surface area contributed by atoms with Crippen molar-refractivity contribution in [2.24, 2.45) is 0 Å². The highest BCUT2D eigenvalue weighted by molar-refractivity contribution is 6.21. The minimum Gasteiger partial charge on any atom is -0.462 e. The second kappa shape index (κ2) is 16.7. The van der Waals surface area contributed by atoms with E-state index < -0.39 is 60.1 Å². The molecule has 0 amide bonds. The molecule has 12 heteroatoms. The third kappa shape index (κ3) is 11.2. The fraction of sp³-hybridized carbons (Fsp3) is 0.417. The molecule has 0 bridgehead atoms. The Morgan fingerprint density at radius 3 is 1.44 bits per heavy atom. The Hall–Kier alpha value is -2.92. The van der Waals surface area contributed by atoms with E-state index in [9.17, 15) is 29.4 Å². The van der Waals surface area contributed by atoms with Crippen LogP contribution in [0.15, 0.2) is 49.6 Å². The van der Waals surface area contributed by atoms with Crippen molar-refractivity contribution in [1.29, 1.82) is 0 Å². The normalized spacial score (nSPS) is 13.9. The lowest BCUT2D eigenvalue weighted by molar-refractivity contribution is -0.138. The number of carbonyl (C=O) groups excluding carboxylic acids is 4. The molecule has 1 aromatic rings. The second-order valence-corrected chi connectivity index (χ2v) is 8.35. The third-order valence-electron chi connectivity index (χ3n) is 4.58. The second-order valence-electron chi connectivity index (χ2n) is 7.23. The number of hydrogen-bond donors (Lipinski definition) is 2. The first-order valence-electron chi connectivity index (χ1n) is 10.8. The summed E-state index contributed by atoms with van der Waals surface area (Å²) in [6.07, 6.45) is -0.352. The largest absolute Gasteiger partial charge is 0.462 e. The van der Waals surface area contributed by atoms with Gasteiger partial charge in [0.1, 0.15) is 25.4 Å². The van der Waals surface area contributed by atoms with E-state index in [4.69, 9.17) is 42.1 Å². The molecule has 1 aromatic carbocycles. The predicted octanol–water partition coefficient (Wildman–Crippen LogP) is 2.18. The minimum absolute atomic E-state index is 0.0618. The summed E-state index contributed by atoms with van der Waals surface area (Å²) < 4.78 is 19.7. The van der Waals surface area contributed by atoms with Gasteiger partial charge in [-0.15, -0.1) is 23.2 Å². The van der Waals surface area contributed by atoms with Gasteiger partial charge in [0.2, 0.25) is 0 Å². The van der Waals surface area contributed by atoms with Gasteiger partial charge in [0.15, 0.2) is 0 Å². The summed E-state index contributed by atoms with van der Waals surface area (Å²) >= 11 is 12.0. The fourth-order valence-electron chi connectivity index (χ4n) is 2.57. The fourth-order valence-corrected chi connectivity index (χ4v) is 2.90. The van der Waals surface area contributed by atoms with Crippen LogP contribution in [0.1, 0.15) is 33.6 Å². The lowest BCUT2D eigenvalue weighted by Crippen LogP contribution is -2.30. The summed E-state index contributed by atoms with van der Waals surface area (Å²) in [5.74, 6) is -3.09. The molecular weight excluding hydrogens is 519 g/mol. The molecule has 0 heterocycles. The van der Waals surface area contributed by atoms with Gasteiger partial charge >= 0.3 is 23.9 Å². The lowest BCUT2D eigenvalue weighted by atomic mass is 10.1. The van der Waals surface area contributed by atoms with Crippen molar-refractivity contribution in [3.8, 4) is 0 Å². The van der Waals surface area contributed by atoms with Gasteiger partial charge in [-0.05, 0) is 12.1 Å². The maximum atomic E-state index is 12.5. The van der Waals surface area contributed by atoms with Crippen LogP contribution in [0, 0.1) is 0 Å². The van der Waals surface area contributed by atoms with Gasteiger partial charge in [-0.1, -0.05) is 25.3 Å². The Bertz CT molecular complexity index is 847. The topological polar surface area (TPSA) is 146 Å². The van der Waals surface area contributed by atoms with Gasteiger partial charge in [0.05, 0.1) is 35.1 Å². The summed E-state index contributed by atoms with van der Waals surface area (Å²) in [5.41, 5.74) is -0.261. The first-order chi connectivity index (χ1) is 17.1. The van der Waals surface area contributed by atoms with E-state index in [0.29, 0.717) is 0 Å². The molecule has 0 saturated heterocycles. The molecule has 2 N–H and O–H groups in total. The Morgan fingerprint density at radius 1 is 0.750 bits per heavy atom. The maximum Gasteiger partial charge on any atom is 0.339 e.